The van der Waals surface area contributed by atoms with Gasteiger partial charge >= 0.3 is 0 Å². The number of ether oxygens (including phenoxy) is 2. The minimum atomic E-state index is -0.272. The van der Waals surface area contributed by atoms with E-state index in [1.54, 1.807) is 7.11 Å². The minimum Gasteiger partial charge on any atom is -0.497 e. The molecule has 2 aromatic heterocycles. The van der Waals surface area contributed by atoms with Gasteiger partial charge in [-0.1, -0.05) is 6.07 Å². The summed E-state index contributed by atoms with van der Waals surface area (Å²) < 4.78 is 10.7. The molecule has 0 bridgehead atoms. The van der Waals surface area contributed by atoms with Gasteiger partial charge in [-0.05, 0) is 35.7 Å². The number of hydrogen-bond donors (Lipinski definition) is 2. The van der Waals surface area contributed by atoms with Crippen molar-refractivity contribution in [2.75, 3.05) is 25.6 Å². The second-order valence-corrected chi connectivity index (χ2v) is 5.73. The van der Waals surface area contributed by atoms with Gasteiger partial charge < -0.3 is 14.8 Å². The van der Waals surface area contributed by atoms with E-state index in [0.717, 1.165) is 16.4 Å². The number of benzene rings is 1. The molecule has 0 saturated carbocycles. The fraction of sp³-hybridized carbons (Fsp3) is 0.188. The number of H-pyrrole nitrogens is 1. The Kier molecular flexibility index (Phi) is 5.07. The number of aromatic amines is 1. The third-order valence-corrected chi connectivity index (χ3v) is 4.05. The van der Waals surface area contributed by atoms with Gasteiger partial charge in [-0.2, -0.15) is 0 Å². The summed E-state index contributed by atoms with van der Waals surface area (Å²) in [6.45, 7) is 0.901. The molecule has 0 atom stereocenters. The number of aromatic nitrogens is 3. The first kappa shape index (κ1) is 16.0. The van der Waals surface area contributed by atoms with E-state index in [0.29, 0.717) is 24.8 Å². The Morgan fingerprint density at radius 1 is 1.17 bits per heavy atom. The summed E-state index contributed by atoms with van der Waals surface area (Å²) in [6, 6.07) is 11.0. The van der Waals surface area contributed by atoms with Gasteiger partial charge in [0.15, 0.2) is 5.69 Å². The van der Waals surface area contributed by atoms with E-state index in [1.807, 2.05) is 41.8 Å². The van der Waals surface area contributed by atoms with E-state index in [4.69, 9.17) is 9.47 Å². The van der Waals surface area contributed by atoms with Crippen LogP contribution in [0.15, 0.2) is 46.6 Å². The summed E-state index contributed by atoms with van der Waals surface area (Å²) in [5.74, 6) is 1.84. The maximum Gasteiger partial charge on any atom is 0.279 e. The van der Waals surface area contributed by atoms with Gasteiger partial charge in [-0.15, -0.1) is 21.5 Å². The Morgan fingerprint density at radius 3 is 2.62 bits per heavy atom. The summed E-state index contributed by atoms with van der Waals surface area (Å²) >= 11 is 1.45. The maximum atomic E-state index is 12.0. The van der Waals surface area contributed by atoms with Crippen LogP contribution < -0.4 is 20.3 Å². The largest absolute Gasteiger partial charge is 0.497 e. The lowest BCUT2D eigenvalue weighted by molar-refractivity contribution is 0.331. The fourth-order valence-electron chi connectivity index (χ4n) is 2.00. The molecule has 0 aliphatic carbocycles. The molecule has 124 valence electrons. The molecule has 24 heavy (non-hydrogen) atoms. The van der Waals surface area contributed by atoms with Crippen LogP contribution in [0.5, 0.6) is 11.5 Å². The normalized spacial score (nSPS) is 10.4. The monoisotopic (exact) mass is 344 g/mol. The number of anilines is 1. The van der Waals surface area contributed by atoms with Crippen molar-refractivity contribution in [1.29, 1.82) is 0 Å². The first-order chi connectivity index (χ1) is 11.8. The van der Waals surface area contributed by atoms with E-state index in [1.165, 1.54) is 11.3 Å². The molecular formula is C16H16N4O3S. The van der Waals surface area contributed by atoms with Crippen LogP contribution in [0.4, 0.5) is 5.95 Å². The molecule has 0 aliphatic heterocycles. The predicted molar refractivity (Wildman–Crippen MR) is 92.9 cm³/mol. The predicted octanol–water partition coefficient (Wildman–Crippen LogP) is 2.39. The van der Waals surface area contributed by atoms with E-state index in [9.17, 15) is 4.79 Å². The van der Waals surface area contributed by atoms with Crippen LogP contribution in [0.2, 0.25) is 0 Å². The highest BCUT2D eigenvalue weighted by Gasteiger charge is 2.08. The fourth-order valence-corrected chi connectivity index (χ4v) is 2.71. The van der Waals surface area contributed by atoms with Crippen LogP contribution in [-0.4, -0.2) is 35.4 Å². The number of methoxy groups -OCH3 is 1. The lowest BCUT2D eigenvalue weighted by Gasteiger charge is -2.08. The molecule has 0 radical (unpaired) electrons. The highest BCUT2D eigenvalue weighted by molar-refractivity contribution is 7.13. The SMILES string of the molecule is COc1ccc(OCCNc2nnc(-c3cccs3)c(=O)[nH]2)cc1. The van der Waals surface area contributed by atoms with Crippen molar-refractivity contribution >= 4 is 17.3 Å². The standard InChI is InChI=1S/C16H16N4O3S/c1-22-11-4-6-12(7-5-11)23-9-8-17-16-18-15(21)14(19-20-16)13-3-2-10-24-13/h2-7,10H,8-9H2,1H3,(H2,17,18,20,21). The Bertz CT molecular complexity index is 831. The zero-order valence-corrected chi connectivity index (χ0v) is 13.8. The molecule has 0 fully saturated rings. The molecule has 0 spiro atoms. The van der Waals surface area contributed by atoms with Crippen LogP contribution in [0.1, 0.15) is 0 Å². The Morgan fingerprint density at radius 2 is 1.96 bits per heavy atom. The highest BCUT2D eigenvalue weighted by Crippen LogP contribution is 2.18. The zero-order chi connectivity index (χ0) is 16.8. The van der Waals surface area contributed by atoms with Gasteiger partial charge in [0.25, 0.3) is 5.56 Å². The third kappa shape index (κ3) is 3.90. The van der Waals surface area contributed by atoms with Gasteiger partial charge in [0, 0.05) is 0 Å². The van der Waals surface area contributed by atoms with Crippen molar-refractivity contribution in [2.45, 2.75) is 0 Å². The van der Waals surface area contributed by atoms with E-state index in [2.05, 4.69) is 20.5 Å². The number of rotatable bonds is 7. The number of nitrogens with one attached hydrogen (secondary N) is 2. The van der Waals surface area contributed by atoms with Crippen molar-refractivity contribution in [2.24, 2.45) is 0 Å². The van der Waals surface area contributed by atoms with Crippen molar-refractivity contribution in [3.63, 3.8) is 0 Å². The second-order valence-electron chi connectivity index (χ2n) is 4.78. The summed E-state index contributed by atoms with van der Waals surface area (Å²) in [5.41, 5.74) is 0.0519. The first-order valence-corrected chi connectivity index (χ1v) is 8.16. The van der Waals surface area contributed by atoms with Gasteiger partial charge in [0.1, 0.15) is 18.1 Å². The van der Waals surface area contributed by atoms with Crippen LogP contribution in [0.25, 0.3) is 10.6 Å². The average molecular weight is 344 g/mol. The lowest BCUT2D eigenvalue weighted by atomic mass is 10.3. The molecule has 0 amide bonds. The molecule has 1 aromatic carbocycles. The van der Waals surface area contributed by atoms with Gasteiger partial charge in [0.05, 0.1) is 18.5 Å². The molecule has 2 N–H and O–H groups in total. The van der Waals surface area contributed by atoms with Gasteiger partial charge in [0.2, 0.25) is 5.95 Å². The van der Waals surface area contributed by atoms with E-state index < -0.39 is 0 Å². The number of hydrogen-bond acceptors (Lipinski definition) is 7. The lowest BCUT2D eigenvalue weighted by Crippen LogP contribution is -2.19. The molecule has 7 nitrogen and oxygen atoms in total. The zero-order valence-electron chi connectivity index (χ0n) is 13.0. The Hall–Kier alpha value is -2.87. The third-order valence-electron chi connectivity index (χ3n) is 3.17. The smallest absolute Gasteiger partial charge is 0.279 e. The van der Waals surface area contributed by atoms with Crippen LogP contribution >= 0.6 is 11.3 Å². The molecule has 0 saturated heterocycles. The summed E-state index contributed by atoms with van der Waals surface area (Å²) in [4.78, 5) is 15.5. The summed E-state index contributed by atoms with van der Waals surface area (Å²) in [6.07, 6.45) is 0. The highest BCUT2D eigenvalue weighted by atomic mass is 32.1. The van der Waals surface area contributed by atoms with Crippen LogP contribution in [-0.2, 0) is 0 Å². The maximum absolute atomic E-state index is 12.0. The van der Waals surface area contributed by atoms with Crippen molar-refractivity contribution in [1.82, 2.24) is 15.2 Å². The molecule has 0 aliphatic rings. The van der Waals surface area contributed by atoms with Crippen molar-refractivity contribution in [3.05, 3.63) is 52.1 Å². The van der Waals surface area contributed by atoms with Gasteiger partial charge in [-0.3, -0.25) is 9.78 Å². The molecule has 3 aromatic rings. The van der Waals surface area contributed by atoms with Gasteiger partial charge in [-0.25, -0.2) is 0 Å². The first-order valence-electron chi connectivity index (χ1n) is 7.28. The number of thiophene rings is 1. The minimum absolute atomic E-state index is 0.272. The molecule has 2 heterocycles. The van der Waals surface area contributed by atoms with Crippen LogP contribution in [0, 0.1) is 0 Å². The van der Waals surface area contributed by atoms with Crippen LogP contribution in [0.3, 0.4) is 0 Å². The Labute approximate surface area is 142 Å². The topological polar surface area (TPSA) is 89.1 Å². The molecular weight excluding hydrogens is 328 g/mol. The van der Waals surface area contributed by atoms with Crippen molar-refractivity contribution < 1.29 is 9.47 Å². The van der Waals surface area contributed by atoms with Crippen molar-refractivity contribution in [3.8, 4) is 22.1 Å². The summed E-state index contributed by atoms with van der Waals surface area (Å²) in [5, 5.41) is 12.8. The average Bonchev–Trinajstić information content (AvgIpc) is 3.14. The van der Waals surface area contributed by atoms with E-state index >= 15 is 0 Å². The quantitative estimate of drug-likeness (QED) is 0.640. The number of nitrogens with zero attached hydrogens (tertiary/aromatic N) is 2. The Balaban J connectivity index is 1.51. The molecule has 0 unspecified atom stereocenters. The molecule has 3 rings (SSSR count). The summed E-state index contributed by atoms with van der Waals surface area (Å²) in [7, 11) is 1.62. The second kappa shape index (κ2) is 7.60. The van der Waals surface area contributed by atoms with E-state index in [-0.39, 0.29) is 5.56 Å². The molecule has 8 heteroatoms.